The van der Waals surface area contributed by atoms with Crippen molar-refractivity contribution in [3.05, 3.63) is 34.0 Å². The zero-order chi connectivity index (χ0) is 21.5. The number of thioether (sulfide) groups is 1. The van der Waals surface area contributed by atoms with E-state index in [4.69, 9.17) is 11.6 Å². The van der Waals surface area contributed by atoms with E-state index in [2.05, 4.69) is 37.4 Å². The second-order valence-corrected chi connectivity index (χ2v) is 8.85. The van der Waals surface area contributed by atoms with Crippen LogP contribution in [0.2, 0.25) is 4.34 Å². The van der Waals surface area contributed by atoms with Crippen molar-refractivity contribution in [1.82, 2.24) is 29.5 Å². The fraction of sp³-hybridized carbons (Fsp3) is 0.389. The largest absolute Gasteiger partial charge is 0.355 e. The normalized spacial score (nSPS) is 10.9. The molecule has 12 heteroatoms. The first kappa shape index (κ1) is 22.3. The number of amides is 1. The van der Waals surface area contributed by atoms with Crippen molar-refractivity contribution >= 4 is 58.3 Å². The van der Waals surface area contributed by atoms with Gasteiger partial charge in [-0.15, -0.1) is 28.1 Å². The first-order valence-corrected chi connectivity index (χ1v) is 11.6. The first-order chi connectivity index (χ1) is 14.5. The lowest BCUT2D eigenvalue weighted by atomic mass is 10.4. The number of aromatic nitrogens is 5. The van der Waals surface area contributed by atoms with Gasteiger partial charge in [0.1, 0.15) is 0 Å². The van der Waals surface area contributed by atoms with Crippen LogP contribution in [0.1, 0.15) is 18.7 Å². The van der Waals surface area contributed by atoms with E-state index in [0.717, 1.165) is 4.88 Å². The average molecular weight is 467 g/mol. The smallest absolute Gasteiger partial charge is 0.261 e. The van der Waals surface area contributed by atoms with Crippen LogP contribution in [-0.4, -0.2) is 60.8 Å². The Balaban J connectivity index is 1.76. The number of carbonyl (C=O) groups excluding carboxylic acids is 1. The van der Waals surface area contributed by atoms with Gasteiger partial charge in [0.15, 0.2) is 5.16 Å². The molecule has 0 fully saturated rings. The number of carbonyl (C=O) groups is 1. The molecular weight excluding hydrogens is 444 g/mol. The summed E-state index contributed by atoms with van der Waals surface area (Å²) < 4.78 is 2.42. The number of thiophene rings is 1. The highest BCUT2D eigenvalue weighted by atomic mass is 35.5. The number of nitrogens with one attached hydrogen (secondary N) is 2. The van der Waals surface area contributed by atoms with Crippen molar-refractivity contribution in [3.63, 3.8) is 0 Å². The van der Waals surface area contributed by atoms with E-state index < -0.39 is 0 Å². The third kappa shape index (κ3) is 5.41. The number of hydrogen-bond donors (Lipinski definition) is 2. The van der Waals surface area contributed by atoms with E-state index in [0.29, 0.717) is 53.3 Å². The Morgan fingerprint density at radius 1 is 1.30 bits per heavy atom. The second-order valence-electron chi connectivity index (χ2n) is 6.11. The maximum Gasteiger partial charge on any atom is 0.261 e. The molecule has 0 bridgehead atoms. The summed E-state index contributed by atoms with van der Waals surface area (Å²) in [7, 11) is 0. The minimum Gasteiger partial charge on any atom is -0.355 e. The molecule has 0 spiro atoms. The maximum absolute atomic E-state index is 12.8. The first-order valence-electron chi connectivity index (χ1n) is 9.42. The van der Waals surface area contributed by atoms with Gasteiger partial charge in [0.2, 0.25) is 17.8 Å². The molecule has 3 rings (SSSR count). The molecule has 3 aromatic heterocycles. The summed E-state index contributed by atoms with van der Waals surface area (Å²) in [6.45, 7) is 10.0. The van der Waals surface area contributed by atoms with E-state index in [1.165, 1.54) is 23.1 Å². The highest BCUT2D eigenvalue weighted by Gasteiger charge is 2.19. The van der Waals surface area contributed by atoms with Crippen molar-refractivity contribution in [2.45, 2.75) is 25.5 Å². The maximum atomic E-state index is 12.8. The predicted molar refractivity (Wildman–Crippen MR) is 123 cm³/mol. The number of rotatable bonds is 11. The molecule has 0 aliphatic heterocycles. The van der Waals surface area contributed by atoms with Gasteiger partial charge < -0.3 is 15.5 Å². The summed E-state index contributed by atoms with van der Waals surface area (Å²) in [5.41, 5.74) is 0. The highest BCUT2D eigenvalue weighted by molar-refractivity contribution is 7.99. The van der Waals surface area contributed by atoms with Crippen LogP contribution < -0.4 is 10.6 Å². The number of nitrogens with zero attached hydrogens (tertiary/aromatic N) is 6. The minimum atomic E-state index is -0.0311. The molecule has 30 heavy (non-hydrogen) atoms. The van der Waals surface area contributed by atoms with Crippen molar-refractivity contribution in [2.24, 2.45) is 0 Å². The number of anilines is 2. The lowest BCUT2D eigenvalue weighted by molar-refractivity contribution is -0.128. The Morgan fingerprint density at radius 2 is 2.10 bits per heavy atom. The van der Waals surface area contributed by atoms with E-state index in [1.54, 1.807) is 15.4 Å². The Labute approximate surface area is 188 Å². The molecule has 9 nitrogen and oxygen atoms in total. The van der Waals surface area contributed by atoms with Gasteiger partial charge in [0, 0.05) is 24.5 Å². The minimum absolute atomic E-state index is 0.0311. The predicted octanol–water partition coefficient (Wildman–Crippen LogP) is 3.40. The molecule has 0 radical (unpaired) electrons. The number of hydrogen-bond acceptors (Lipinski definition) is 9. The average Bonchev–Trinajstić information content (AvgIpc) is 3.32. The second kappa shape index (κ2) is 10.6. The van der Waals surface area contributed by atoms with Crippen LogP contribution in [0.5, 0.6) is 0 Å². The topological polar surface area (TPSA) is 100 Å². The fourth-order valence-electron chi connectivity index (χ4n) is 2.65. The van der Waals surface area contributed by atoms with Crippen LogP contribution in [0.15, 0.2) is 29.9 Å². The molecule has 0 aromatic carbocycles. The van der Waals surface area contributed by atoms with Gasteiger partial charge in [0.25, 0.3) is 5.78 Å². The van der Waals surface area contributed by atoms with Crippen LogP contribution in [0.25, 0.3) is 5.78 Å². The van der Waals surface area contributed by atoms with Crippen molar-refractivity contribution in [2.75, 3.05) is 36.0 Å². The Kier molecular flexibility index (Phi) is 7.88. The molecule has 0 atom stereocenters. The summed E-state index contributed by atoms with van der Waals surface area (Å²) in [6, 6.07) is 3.76. The molecule has 1 amide bonds. The Bertz CT molecular complexity index is 1020. The van der Waals surface area contributed by atoms with Crippen LogP contribution in [0, 0.1) is 0 Å². The summed E-state index contributed by atoms with van der Waals surface area (Å²) in [6.07, 6.45) is 1.71. The van der Waals surface area contributed by atoms with Gasteiger partial charge >= 0.3 is 0 Å². The number of fused-ring (bicyclic) bond motifs is 1. The SMILES string of the molecule is C=CCN(Cc1ccc(Cl)s1)C(=O)CSc1nnc2nc(NCC)nc(NCC)n12. The van der Waals surface area contributed by atoms with E-state index in [-0.39, 0.29) is 11.7 Å². The van der Waals surface area contributed by atoms with Gasteiger partial charge in [-0.1, -0.05) is 29.4 Å². The zero-order valence-electron chi connectivity index (χ0n) is 16.8. The number of halogens is 1. The molecule has 0 saturated heterocycles. The summed E-state index contributed by atoms with van der Waals surface area (Å²) in [5, 5.41) is 15.2. The molecular formula is C18H23ClN8OS2. The quantitative estimate of drug-likeness (QED) is 0.327. The third-order valence-electron chi connectivity index (χ3n) is 3.92. The Morgan fingerprint density at radius 3 is 2.77 bits per heavy atom. The van der Waals surface area contributed by atoms with Gasteiger partial charge in [0.05, 0.1) is 16.6 Å². The molecule has 2 N–H and O–H groups in total. The lowest BCUT2D eigenvalue weighted by Gasteiger charge is -2.20. The summed E-state index contributed by atoms with van der Waals surface area (Å²) in [5.74, 6) is 1.65. The van der Waals surface area contributed by atoms with Crippen LogP contribution in [0.4, 0.5) is 11.9 Å². The molecule has 160 valence electrons. The van der Waals surface area contributed by atoms with E-state index >= 15 is 0 Å². The summed E-state index contributed by atoms with van der Waals surface area (Å²) >= 11 is 8.76. The Hall–Kier alpha value is -2.37. The molecule has 3 heterocycles. The van der Waals surface area contributed by atoms with Gasteiger partial charge in [-0.2, -0.15) is 9.97 Å². The fourth-order valence-corrected chi connectivity index (χ4v) is 4.58. The molecule has 3 aromatic rings. The molecule has 0 aliphatic carbocycles. The van der Waals surface area contributed by atoms with E-state index in [9.17, 15) is 4.79 Å². The van der Waals surface area contributed by atoms with E-state index in [1.807, 2.05) is 26.0 Å². The molecule has 0 unspecified atom stereocenters. The van der Waals surface area contributed by atoms with Crippen LogP contribution >= 0.6 is 34.7 Å². The highest BCUT2D eigenvalue weighted by Crippen LogP contribution is 2.24. The third-order valence-corrected chi connectivity index (χ3v) is 6.05. The van der Waals surface area contributed by atoms with Gasteiger partial charge in [-0.3, -0.25) is 4.79 Å². The monoisotopic (exact) mass is 466 g/mol. The van der Waals surface area contributed by atoms with Crippen LogP contribution in [-0.2, 0) is 11.3 Å². The zero-order valence-corrected chi connectivity index (χ0v) is 19.1. The lowest BCUT2D eigenvalue weighted by Crippen LogP contribution is -2.31. The molecule has 0 aliphatic rings. The van der Waals surface area contributed by atoms with Crippen molar-refractivity contribution < 1.29 is 4.79 Å². The van der Waals surface area contributed by atoms with Crippen molar-refractivity contribution in [3.8, 4) is 0 Å². The summed E-state index contributed by atoms with van der Waals surface area (Å²) in [4.78, 5) is 24.4. The van der Waals surface area contributed by atoms with Gasteiger partial charge in [-0.25, -0.2) is 4.40 Å². The van der Waals surface area contributed by atoms with Crippen molar-refractivity contribution in [1.29, 1.82) is 0 Å². The molecule has 0 saturated carbocycles. The van der Waals surface area contributed by atoms with Crippen LogP contribution in [0.3, 0.4) is 0 Å². The standard InChI is InChI=1S/C18H23ClN8OS2/c1-4-9-26(10-12-7-8-13(19)30-12)14(28)11-29-18-25-24-17-23-15(20-5-2)22-16(21-6-3)27(17)18/h4,7-8H,1,5-6,9-11H2,2-3H3,(H2,20,21,22,23,24). The van der Waals surface area contributed by atoms with Gasteiger partial charge in [-0.05, 0) is 26.0 Å².